The number of fused-ring (bicyclic) bond motifs is 1. The van der Waals surface area contributed by atoms with Gasteiger partial charge in [0.05, 0.1) is 10.6 Å². The molecule has 0 bridgehead atoms. The molecule has 0 unspecified atom stereocenters. The van der Waals surface area contributed by atoms with Gasteiger partial charge in [0.15, 0.2) is 0 Å². The Bertz CT molecular complexity index is 1160. The Morgan fingerprint density at radius 1 is 1.10 bits per heavy atom. The second-order valence-electron chi connectivity index (χ2n) is 8.90. The van der Waals surface area contributed by atoms with Gasteiger partial charge >= 0.3 is 0 Å². The lowest BCUT2D eigenvalue weighted by atomic mass is 9.95. The number of thiophene rings is 1. The molecule has 2 N–H and O–H groups in total. The van der Waals surface area contributed by atoms with E-state index in [1.165, 1.54) is 11.3 Å². The number of benzene rings is 1. The Labute approximate surface area is 180 Å². The second kappa shape index (κ2) is 7.47. The highest BCUT2D eigenvalue weighted by Gasteiger charge is 2.25. The first-order valence-corrected chi connectivity index (χ1v) is 11.0. The lowest BCUT2D eigenvalue weighted by Gasteiger charge is -2.16. The molecule has 0 radical (unpaired) electrons. The lowest BCUT2D eigenvalue weighted by molar-refractivity contribution is 0.0949. The fraction of sp³-hybridized carbons (Fsp3) is 0.391. The molecule has 2 heterocycles. The van der Waals surface area contributed by atoms with Crippen LogP contribution in [-0.2, 0) is 5.41 Å². The number of amides is 2. The average molecular weight is 423 g/mol. The lowest BCUT2D eigenvalue weighted by Crippen LogP contribution is -2.25. The van der Waals surface area contributed by atoms with Crippen molar-refractivity contribution in [3.63, 3.8) is 0 Å². The van der Waals surface area contributed by atoms with Crippen molar-refractivity contribution >= 4 is 39.1 Å². The van der Waals surface area contributed by atoms with Gasteiger partial charge in [-0.05, 0) is 50.5 Å². The normalized spacial score (nSPS) is 14.0. The first-order valence-electron chi connectivity index (χ1n) is 10.1. The molecule has 1 aromatic carbocycles. The molecule has 7 heteroatoms. The van der Waals surface area contributed by atoms with Gasteiger partial charge in [0.25, 0.3) is 11.8 Å². The predicted octanol–water partition coefficient (Wildman–Crippen LogP) is 4.75. The number of hydrogen-bond acceptors (Lipinski definition) is 5. The summed E-state index contributed by atoms with van der Waals surface area (Å²) in [5.41, 5.74) is 2.74. The third-order valence-electron chi connectivity index (χ3n) is 5.14. The van der Waals surface area contributed by atoms with Crippen LogP contribution < -0.4 is 10.6 Å². The molecule has 0 aliphatic heterocycles. The van der Waals surface area contributed by atoms with Crippen molar-refractivity contribution in [1.29, 1.82) is 0 Å². The Hall–Kier alpha value is -2.80. The molecule has 4 rings (SSSR count). The summed E-state index contributed by atoms with van der Waals surface area (Å²) in [5.74, 6) is 0.467. The summed E-state index contributed by atoms with van der Waals surface area (Å²) in [4.78, 5) is 36.1. The molecule has 2 aromatic heterocycles. The van der Waals surface area contributed by atoms with Crippen molar-refractivity contribution in [2.75, 3.05) is 5.32 Å². The zero-order chi connectivity index (χ0) is 21.6. The molecule has 3 aromatic rings. The molecule has 156 valence electrons. The van der Waals surface area contributed by atoms with Crippen LogP contribution >= 0.6 is 11.3 Å². The maximum Gasteiger partial charge on any atom is 0.266 e. The molecular weight excluding hydrogens is 396 g/mol. The van der Waals surface area contributed by atoms with Crippen molar-refractivity contribution in [2.24, 2.45) is 0 Å². The van der Waals surface area contributed by atoms with Crippen LogP contribution in [0.3, 0.4) is 0 Å². The highest BCUT2D eigenvalue weighted by molar-refractivity contribution is 7.20. The summed E-state index contributed by atoms with van der Waals surface area (Å²) >= 11 is 1.38. The van der Waals surface area contributed by atoms with Crippen LogP contribution in [-0.4, -0.2) is 27.8 Å². The van der Waals surface area contributed by atoms with E-state index in [1.807, 2.05) is 13.8 Å². The van der Waals surface area contributed by atoms with Crippen LogP contribution in [0.1, 0.15) is 70.7 Å². The van der Waals surface area contributed by atoms with Crippen LogP contribution in [0.15, 0.2) is 24.3 Å². The largest absolute Gasteiger partial charge is 0.349 e. The second-order valence-corrected chi connectivity index (χ2v) is 9.90. The topological polar surface area (TPSA) is 84.0 Å². The van der Waals surface area contributed by atoms with Crippen molar-refractivity contribution in [3.05, 3.63) is 51.8 Å². The molecule has 1 saturated carbocycles. The SMILES string of the molecule is Cc1nc(C(C)(C)C)nc2sc(C(=O)Nc3cccc(C(=O)NC4CC4)c3)c(C)c12. The monoisotopic (exact) mass is 422 g/mol. The first kappa shape index (κ1) is 20.5. The quantitative estimate of drug-likeness (QED) is 0.635. The third kappa shape index (κ3) is 4.07. The molecule has 0 atom stereocenters. The number of rotatable bonds is 4. The Kier molecular flexibility index (Phi) is 5.10. The summed E-state index contributed by atoms with van der Waals surface area (Å²) in [6.45, 7) is 10.1. The van der Waals surface area contributed by atoms with Gasteiger partial charge in [-0.15, -0.1) is 11.3 Å². The number of aryl methyl sites for hydroxylation is 2. The summed E-state index contributed by atoms with van der Waals surface area (Å²) in [5, 5.41) is 6.84. The van der Waals surface area contributed by atoms with Crippen LogP contribution in [0, 0.1) is 13.8 Å². The highest BCUT2D eigenvalue weighted by atomic mass is 32.1. The molecule has 1 aliphatic rings. The minimum atomic E-state index is -0.202. The summed E-state index contributed by atoms with van der Waals surface area (Å²) in [6.07, 6.45) is 2.07. The number of carbonyl (C=O) groups is 2. The Morgan fingerprint density at radius 3 is 2.50 bits per heavy atom. The molecule has 2 amide bonds. The molecule has 1 fully saturated rings. The number of nitrogens with zero attached hydrogens (tertiary/aromatic N) is 2. The molecule has 30 heavy (non-hydrogen) atoms. The number of anilines is 1. The van der Waals surface area contributed by atoms with E-state index in [2.05, 4.69) is 36.4 Å². The number of nitrogens with one attached hydrogen (secondary N) is 2. The maximum atomic E-state index is 13.0. The molecule has 1 aliphatic carbocycles. The van der Waals surface area contributed by atoms with Crippen molar-refractivity contribution in [1.82, 2.24) is 15.3 Å². The van der Waals surface area contributed by atoms with Crippen LogP contribution in [0.4, 0.5) is 5.69 Å². The van der Waals surface area contributed by atoms with Crippen LogP contribution in [0.5, 0.6) is 0 Å². The van der Waals surface area contributed by atoms with E-state index in [1.54, 1.807) is 24.3 Å². The van der Waals surface area contributed by atoms with Crippen molar-refractivity contribution < 1.29 is 9.59 Å². The van der Waals surface area contributed by atoms with E-state index in [4.69, 9.17) is 4.98 Å². The molecule has 0 spiro atoms. The molecule has 0 saturated heterocycles. The zero-order valence-corrected chi connectivity index (χ0v) is 18.7. The van der Waals surface area contributed by atoms with E-state index >= 15 is 0 Å². The summed E-state index contributed by atoms with van der Waals surface area (Å²) in [6, 6.07) is 7.32. The van der Waals surface area contributed by atoms with Gasteiger partial charge in [-0.2, -0.15) is 0 Å². The fourth-order valence-electron chi connectivity index (χ4n) is 3.31. The maximum absolute atomic E-state index is 13.0. The van der Waals surface area contributed by atoms with Gasteiger partial charge in [-0.25, -0.2) is 9.97 Å². The van der Waals surface area contributed by atoms with Crippen molar-refractivity contribution in [2.45, 2.75) is 58.9 Å². The van der Waals surface area contributed by atoms with E-state index in [0.717, 1.165) is 40.1 Å². The molecule has 6 nitrogen and oxygen atoms in total. The van der Waals surface area contributed by atoms with Gasteiger partial charge in [-0.1, -0.05) is 26.8 Å². The smallest absolute Gasteiger partial charge is 0.266 e. The predicted molar refractivity (Wildman–Crippen MR) is 120 cm³/mol. The summed E-state index contributed by atoms with van der Waals surface area (Å²) < 4.78 is 0. The van der Waals surface area contributed by atoms with Gasteiger partial charge in [0.1, 0.15) is 10.7 Å². The zero-order valence-electron chi connectivity index (χ0n) is 17.9. The Balaban J connectivity index is 1.61. The standard InChI is InChI=1S/C23H26N4O2S/c1-12-17-13(2)24-22(23(3,4)5)27-21(17)30-18(12)20(29)26-16-8-6-7-14(11-16)19(28)25-15-9-10-15/h6-8,11,15H,9-10H2,1-5H3,(H,25,28)(H,26,29). The van der Waals surface area contributed by atoms with Crippen molar-refractivity contribution in [3.8, 4) is 0 Å². The van der Waals surface area contributed by atoms with E-state index in [0.29, 0.717) is 22.2 Å². The number of hydrogen-bond donors (Lipinski definition) is 2. The van der Waals surface area contributed by atoms with E-state index in [-0.39, 0.29) is 17.2 Å². The molecular formula is C23H26N4O2S. The van der Waals surface area contributed by atoms with E-state index in [9.17, 15) is 9.59 Å². The third-order valence-corrected chi connectivity index (χ3v) is 6.33. The van der Waals surface area contributed by atoms with Gasteiger partial charge in [0.2, 0.25) is 0 Å². The highest BCUT2D eigenvalue weighted by Crippen LogP contribution is 2.33. The fourth-order valence-corrected chi connectivity index (χ4v) is 4.44. The Morgan fingerprint density at radius 2 is 1.83 bits per heavy atom. The minimum absolute atomic E-state index is 0.104. The van der Waals surface area contributed by atoms with Crippen LogP contribution in [0.25, 0.3) is 10.2 Å². The van der Waals surface area contributed by atoms with Gasteiger partial charge in [-0.3, -0.25) is 9.59 Å². The minimum Gasteiger partial charge on any atom is -0.349 e. The average Bonchev–Trinajstić information content (AvgIpc) is 3.42. The van der Waals surface area contributed by atoms with E-state index < -0.39 is 0 Å². The number of carbonyl (C=O) groups excluding carboxylic acids is 2. The first-order chi connectivity index (χ1) is 14.1. The summed E-state index contributed by atoms with van der Waals surface area (Å²) in [7, 11) is 0. The number of aromatic nitrogens is 2. The van der Waals surface area contributed by atoms with Gasteiger partial charge in [0, 0.05) is 28.1 Å². The van der Waals surface area contributed by atoms with Gasteiger partial charge < -0.3 is 10.6 Å². The van der Waals surface area contributed by atoms with Crippen LogP contribution in [0.2, 0.25) is 0 Å².